The van der Waals surface area contributed by atoms with Crippen LogP contribution in [-0.2, 0) is 19.0 Å². The van der Waals surface area contributed by atoms with Gasteiger partial charge in [0.05, 0.1) is 25.7 Å². The Hall–Kier alpha value is -2.94. The van der Waals surface area contributed by atoms with Gasteiger partial charge in [-0.2, -0.15) is 0 Å². The number of benzene rings is 2. The molecule has 3 rings (SSSR count). The monoisotopic (exact) mass is 502 g/mol. The fraction of sp³-hybridized carbons (Fsp3) is 0.464. The van der Waals surface area contributed by atoms with E-state index in [1.165, 1.54) is 12.1 Å². The van der Waals surface area contributed by atoms with Gasteiger partial charge in [-0.05, 0) is 46.9 Å². The van der Waals surface area contributed by atoms with E-state index in [-0.39, 0.29) is 24.8 Å². The number of hydrogen-bond donors (Lipinski definition) is 1. The van der Waals surface area contributed by atoms with Gasteiger partial charge in [-0.25, -0.2) is 4.39 Å². The van der Waals surface area contributed by atoms with Crippen LogP contribution in [0.5, 0.6) is 11.5 Å². The molecule has 1 N–H and O–H groups in total. The molecule has 36 heavy (non-hydrogen) atoms. The molecule has 2 aromatic rings. The maximum Gasteiger partial charge on any atom is 0.309 e. The summed E-state index contributed by atoms with van der Waals surface area (Å²) in [6.07, 6.45) is 2.67. The molecular weight excluding hydrogens is 467 g/mol. The number of rotatable bonds is 12. The Morgan fingerprint density at radius 1 is 1.08 bits per heavy atom. The molecule has 0 saturated carbocycles. The van der Waals surface area contributed by atoms with Crippen LogP contribution < -0.4 is 9.47 Å². The summed E-state index contributed by atoms with van der Waals surface area (Å²) in [5, 5.41) is 10.0. The van der Waals surface area contributed by atoms with Crippen LogP contribution in [0.25, 0.3) is 17.2 Å². The van der Waals surface area contributed by atoms with E-state index in [1.807, 2.05) is 12.1 Å². The normalized spacial score (nSPS) is 18.0. The highest BCUT2D eigenvalue weighted by molar-refractivity contribution is 5.85. The van der Waals surface area contributed by atoms with Crippen molar-refractivity contribution in [1.29, 1.82) is 0 Å². The molecule has 1 fully saturated rings. The highest BCUT2D eigenvalue weighted by Crippen LogP contribution is 2.45. The molecule has 1 aliphatic heterocycles. The molecular formula is C28H35FO7. The summed E-state index contributed by atoms with van der Waals surface area (Å²) in [5.41, 5.74) is 3.27. The molecule has 7 nitrogen and oxygen atoms in total. The van der Waals surface area contributed by atoms with E-state index in [0.29, 0.717) is 37.7 Å². The summed E-state index contributed by atoms with van der Waals surface area (Å²) >= 11 is 0. The fourth-order valence-corrected chi connectivity index (χ4v) is 4.08. The largest absolute Gasteiger partial charge is 0.487 e. The average Bonchev–Trinajstić information content (AvgIpc) is 2.83. The maximum atomic E-state index is 13.8. The Morgan fingerprint density at radius 2 is 1.75 bits per heavy atom. The van der Waals surface area contributed by atoms with Crippen molar-refractivity contribution in [2.24, 2.45) is 0 Å². The van der Waals surface area contributed by atoms with Crippen LogP contribution in [0.4, 0.5) is 4.39 Å². The van der Waals surface area contributed by atoms with Gasteiger partial charge in [0.1, 0.15) is 25.1 Å². The lowest BCUT2D eigenvalue weighted by atomic mass is 9.88. The van der Waals surface area contributed by atoms with Crippen molar-refractivity contribution in [3.05, 3.63) is 53.4 Å². The van der Waals surface area contributed by atoms with Gasteiger partial charge in [-0.15, -0.1) is 0 Å². The van der Waals surface area contributed by atoms with E-state index in [9.17, 15) is 14.3 Å². The summed E-state index contributed by atoms with van der Waals surface area (Å²) in [6.45, 7) is 5.50. The number of methoxy groups -OCH3 is 2. The lowest BCUT2D eigenvalue weighted by Crippen LogP contribution is -2.31. The number of esters is 1. The van der Waals surface area contributed by atoms with Gasteiger partial charge in [-0.1, -0.05) is 32.1 Å². The molecule has 2 atom stereocenters. The molecule has 1 aliphatic rings. The van der Waals surface area contributed by atoms with E-state index in [1.54, 1.807) is 32.4 Å². The quantitative estimate of drug-likeness (QED) is 0.331. The van der Waals surface area contributed by atoms with Crippen molar-refractivity contribution in [2.75, 3.05) is 40.6 Å². The summed E-state index contributed by atoms with van der Waals surface area (Å²) in [7, 11) is 3.20. The molecule has 0 spiro atoms. The number of carbonyl (C=O) groups is 1. The fourth-order valence-electron chi connectivity index (χ4n) is 4.08. The number of ether oxygens (including phenoxy) is 5. The standard InChI is InChI=1S/C28H35FO7/c1-18(2)24-17-25(34-13-11-32-3)28(35-14-12-33-4)27(19-5-7-20(29)8-6-19)23(24)10-9-22-15-21(30)16-26(31)36-22/h5-10,17-18,21-22,30H,11-16H2,1-4H3/b10-9+. The second-order valence-electron chi connectivity index (χ2n) is 8.91. The Labute approximate surface area is 211 Å². The van der Waals surface area contributed by atoms with Crippen molar-refractivity contribution >= 4 is 12.0 Å². The zero-order valence-corrected chi connectivity index (χ0v) is 21.3. The summed E-state index contributed by atoms with van der Waals surface area (Å²) in [4.78, 5) is 11.9. The topological polar surface area (TPSA) is 83.5 Å². The Bertz CT molecular complexity index is 1030. The van der Waals surface area contributed by atoms with Gasteiger partial charge < -0.3 is 28.8 Å². The highest BCUT2D eigenvalue weighted by Gasteiger charge is 2.27. The Balaban J connectivity index is 2.19. The van der Waals surface area contributed by atoms with E-state index < -0.39 is 18.2 Å². The molecule has 0 radical (unpaired) electrons. The second-order valence-corrected chi connectivity index (χ2v) is 8.91. The molecule has 0 amide bonds. The minimum atomic E-state index is -0.744. The van der Waals surface area contributed by atoms with Crippen LogP contribution in [0.3, 0.4) is 0 Å². The van der Waals surface area contributed by atoms with Gasteiger partial charge >= 0.3 is 5.97 Å². The number of hydrogen-bond acceptors (Lipinski definition) is 7. The lowest BCUT2D eigenvalue weighted by Gasteiger charge is -2.25. The molecule has 0 aromatic heterocycles. The Morgan fingerprint density at radius 3 is 2.36 bits per heavy atom. The molecule has 0 aliphatic carbocycles. The molecule has 8 heteroatoms. The predicted molar refractivity (Wildman–Crippen MR) is 135 cm³/mol. The van der Waals surface area contributed by atoms with Gasteiger partial charge in [0, 0.05) is 26.2 Å². The van der Waals surface area contributed by atoms with Gasteiger partial charge in [0.2, 0.25) is 0 Å². The van der Waals surface area contributed by atoms with Crippen molar-refractivity contribution in [3.63, 3.8) is 0 Å². The zero-order chi connectivity index (χ0) is 26.1. The van der Waals surface area contributed by atoms with Gasteiger partial charge in [-0.3, -0.25) is 4.79 Å². The van der Waals surface area contributed by atoms with Crippen LogP contribution in [0.1, 0.15) is 43.7 Å². The Kier molecular flexibility index (Phi) is 10.3. The lowest BCUT2D eigenvalue weighted by molar-refractivity contribution is -0.156. The van der Waals surface area contributed by atoms with E-state index in [0.717, 1.165) is 22.3 Å². The van der Waals surface area contributed by atoms with Crippen molar-refractivity contribution in [2.45, 2.75) is 44.8 Å². The molecule has 2 aromatic carbocycles. The third-order valence-electron chi connectivity index (χ3n) is 5.82. The number of aliphatic hydroxyl groups is 1. The molecule has 196 valence electrons. The summed E-state index contributed by atoms with van der Waals surface area (Å²) in [5.74, 6) is 0.359. The number of cyclic esters (lactones) is 1. The van der Waals surface area contributed by atoms with Crippen LogP contribution >= 0.6 is 0 Å². The highest BCUT2D eigenvalue weighted by atomic mass is 19.1. The molecule has 0 bridgehead atoms. The third-order valence-corrected chi connectivity index (χ3v) is 5.82. The van der Waals surface area contributed by atoms with Crippen molar-refractivity contribution in [3.8, 4) is 22.6 Å². The van der Waals surface area contributed by atoms with Crippen molar-refractivity contribution < 1.29 is 38.0 Å². The minimum Gasteiger partial charge on any atom is -0.487 e. The first-order valence-electron chi connectivity index (χ1n) is 12.1. The van der Waals surface area contributed by atoms with Crippen molar-refractivity contribution in [1.82, 2.24) is 0 Å². The predicted octanol–water partition coefficient (Wildman–Crippen LogP) is 4.75. The first-order valence-corrected chi connectivity index (χ1v) is 12.1. The SMILES string of the molecule is COCCOc1cc(C(C)C)c(/C=C/C2CC(O)CC(=O)O2)c(-c2ccc(F)cc2)c1OCCOC. The smallest absolute Gasteiger partial charge is 0.309 e. The van der Waals surface area contributed by atoms with Crippen LogP contribution in [0.2, 0.25) is 0 Å². The number of halogens is 1. The number of carbonyl (C=O) groups excluding carboxylic acids is 1. The first-order chi connectivity index (χ1) is 17.3. The van der Waals surface area contributed by atoms with Gasteiger partial charge in [0.15, 0.2) is 11.5 Å². The van der Waals surface area contributed by atoms with Crippen LogP contribution in [0.15, 0.2) is 36.4 Å². The molecule has 2 unspecified atom stereocenters. The minimum absolute atomic E-state index is 0.00654. The summed E-state index contributed by atoms with van der Waals surface area (Å²) < 4.78 is 41.8. The van der Waals surface area contributed by atoms with Crippen LogP contribution in [-0.4, -0.2) is 63.9 Å². The number of aliphatic hydroxyl groups excluding tert-OH is 1. The molecule has 1 heterocycles. The summed E-state index contributed by atoms with van der Waals surface area (Å²) in [6, 6.07) is 8.12. The van der Waals surface area contributed by atoms with E-state index in [2.05, 4.69) is 13.8 Å². The zero-order valence-electron chi connectivity index (χ0n) is 21.3. The van der Waals surface area contributed by atoms with E-state index >= 15 is 0 Å². The first kappa shape index (κ1) is 27.6. The van der Waals surface area contributed by atoms with Gasteiger partial charge in [0.25, 0.3) is 0 Å². The van der Waals surface area contributed by atoms with E-state index in [4.69, 9.17) is 23.7 Å². The third kappa shape index (κ3) is 7.29. The van der Waals surface area contributed by atoms with Crippen LogP contribution in [0, 0.1) is 5.82 Å². The average molecular weight is 503 g/mol. The molecule has 1 saturated heterocycles. The second kappa shape index (κ2) is 13.4. The maximum absolute atomic E-state index is 13.8.